The SMILES string of the molecule is CCOc1cc(C(=O)N2CCN=C2SCc2ccccc2C)cc(OCC)c1OCC. The van der Waals surface area contributed by atoms with Crippen LogP contribution in [0.2, 0.25) is 0 Å². The van der Waals surface area contributed by atoms with E-state index in [-0.39, 0.29) is 5.91 Å². The van der Waals surface area contributed by atoms with E-state index in [4.69, 9.17) is 14.2 Å². The van der Waals surface area contributed by atoms with E-state index in [1.165, 1.54) is 11.1 Å². The molecular weight excluding hydrogens is 412 g/mol. The van der Waals surface area contributed by atoms with Gasteiger partial charge in [0.1, 0.15) is 0 Å². The van der Waals surface area contributed by atoms with Gasteiger partial charge < -0.3 is 14.2 Å². The molecule has 1 aliphatic rings. The number of thioether (sulfide) groups is 1. The van der Waals surface area contributed by atoms with Gasteiger partial charge in [-0.2, -0.15) is 0 Å². The topological polar surface area (TPSA) is 60.4 Å². The molecule has 2 aromatic carbocycles. The van der Waals surface area contributed by atoms with Gasteiger partial charge in [0.05, 0.1) is 26.4 Å². The van der Waals surface area contributed by atoms with Gasteiger partial charge in [-0.05, 0) is 51.0 Å². The Morgan fingerprint density at radius 2 is 1.68 bits per heavy atom. The molecule has 0 atom stereocenters. The minimum absolute atomic E-state index is 0.113. The van der Waals surface area contributed by atoms with Gasteiger partial charge in [-0.1, -0.05) is 36.0 Å². The first-order valence-corrected chi connectivity index (χ1v) is 11.7. The Hall–Kier alpha value is -2.67. The Bertz CT molecular complexity index is 918. The molecule has 166 valence electrons. The second-order valence-corrected chi connectivity index (χ2v) is 7.88. The van der Waals surface area contributed by atoms with Crippen LogP contribution in [0.4, 0.5) is 0 Å². The van der Waals surface area contributed by atoms with Gasteiger partial charge in [0.2, 0.25) is 5.75 Å². The lowest BCUT2D eigenvalue weighted by molar-refractivity contribution is 0.0859. The third-order valence-corrected chi connectivity index (χ3v) is 5.88. The molecule has 0 spiro atoms. The average molecular weight is 443 g/mol. The van der Waals surface area contributed by atoms with Crippen LogP contribution in [0.3, 0.4) is 0 Å². The summed E-state index contributed by atoms with van der Waals surface area (Å²) in [6.45, 7) is 10.4. The van der Waals surface area contributed by atoms with E-state index in [0.717, 1.165) is 10.9 Å². The van der Waals surface area contributed by atoms with Crippen LogP contribution in [0.15, 0.2) is 41.4 Å². The zero-order chi connectivity index (χ0) is 22.2. The highest BCUT2D eigenvalue weighted by Crippen LogP contribution is 2.39. The van der Waals surface area contributed by atoms with E-state index in [1.807, 2.05) is 32.9 Å². The van der Waals surface area contributed by atoms with Crippen molar-refractivity contribution < 1.29 is 19.0 Å². The maximum absolute atomic E-state index is 13.4. The molecule has 0 aromatic heterocycles. The molecule has 0 saturated carbocycles. The number of ether oxygens (including phenoxy) is 3. The summed E-state index contributed by atoms with van der Waals surface area (Å²) in [5.41, 5.74) is 2.98. The van der Waals surface area contributed by atoms with Crippen LogP contribution in [0.1, 0.15) is 42.3 Å². The molecule has 0 fully saturated rings. The maximum atomic E-state index is 13.4. The monoisotopic (exact) mass is 442 g/mol. The van der Waals surface area contributed by atoms with Crippen LogP contribution in [0.25, 0.3) is 0 Å². The highest BCUT2D eigenvalue weighted by Gasteiger charge is 2.27. The number of carbonyl (C=O) groups is 1. The van der Waals surface area contributed by atoms with Gasteiger partial charge in [0, 0.05) is 17.9 Å². The first-order chi connectivity index (χ1) is 15.1. The highest BCUT2D eigenvalue weighted by atomic mass is 32.2. The fraction of sp³-hybridized carbons (Fsp3) is 0.417. The number of hydrogen-bond donors (Lipinski definition) is 0. The Morgan fingerprint density at radius 3 is 2.29 bits per heavy atom. The van der Waals surface area contributed by atoms with Crippen molar-refractivity contribution in [3.05, 3.63) is 53.1 Å². The molecule has 2 aromatic rings. The number of hydrogen-bond acceptors (Lipinski definition) is 6. The van der Waals surface area contributed by atoms with Gasteiger partial charge in [-0.25, -0.2) is 0 Å². The van der Waals surface area contributed by atoms with Crippen molar-refractivity contribution >= 4 is 22.8 Å². The third kappa shape index (κ3) is 5.53. The summed E-state index contributed by atoms with van der Waals surface area (Å²) < 4.78 is 17.3. The second kappa shape index (κ2) is 11.1. The molecule has 1 heterocycles. The Kier molecular flexibility index (Phi) is 8.23. The van der Waals surface area contributed by atoms with E-state index in [0.29, 0.717) is 55.7 Å². The number of amides is 1. The smallest absolute Gasteiger partial charge is 0.260 e. The lowest BCUT2D eigenvalue weighted by atomic mass is 10.1. The largest absolute Gasteiger partial charge is 0.490 e. The summed E-state index contributed by atoms with van der Waals surface area (Å²) in [5.74, 6) is 2.23. The Balaban J connectivity index is 1.83. The van der Waals surface area contributed by atoms with E-state index < -0.39 is 0 Å². The van der Waals surface area contributed by atoms with Crippen molar-refractivity contribution in [2.45, 2.75) is 33.4 Å². The van der Waals surface area contributed by atoms with Crippen LogP contribution < -0.4 is 14.2 Å². The molecule has 0 N–H and O–H groups in total. The molecular formula is C24H30N2O4S. The number of aryl methyl sites for hydroxylation is 1. The predicted octanol–water partition coefficient (Wildman–Crippen LogP) is 4.94. The minimum atomic E-state index is -0.113. The second-order valence-electron chi connectivity index (χ2n) is 6.94. The molecule has 7 heteroatoms. The van der Waals surface area contributed by atoms with Gasteiger partial charge in [-0.15, -0.1) is 0 Å². The summed E-state index contributed by atoms with van der Waals surface area (Å²) in [4.78, 5) is 19.7. The van der Waals surface area contributed by atoms with Crippen molar-refractivity contribution in [3.8, 4) is 17.2 Å². The zero-order valence-corrected chi connectivity index (χ0v) is 19.5. The Labute approximate surface area is 188 Å². The van der Waals surface area contributed by atoms with Gasteiger partial charge in [0.15, 0.2) is 16.7 Å². The summed E-state index contributed by atoms with van der Waals surface area (Å²) in [6.07, 6.45) is 0. The summed E-state index contributed by atoms with van der Waals surface area (Å²) in [5, 5.41) is 0.748. The van der Waals surface area contributed by atoms with Gasteiger partial charge in [-0.3, -0.25) is 14.7 Å². The molecule has 31 heavy (non-hydrogen) atoms. The van der Waals surface area contributed by atoms with Gasteiger partial charge in [0.25, 0.3) is 5.91 Å². The number of carbonyl (C=O) groups excluding carboxylic acids is 1. The molecule has 0 unspecified atom stereocenters. The van der Waals surface area contributed by atoms with Crippen LogP contribution in [0.5, 0.6) is 17.2 Å². The standard InChI is InChI=1S/C24H30N2O4S/c1-5-28-20-14-19(15-21(29-6-2)22(20)30-7-3)23(27)26-13-12-25-24(26)31-16-18-11-9-8-10-17(18)4/h8-11,14-15H,5-7,12-13,16H2,1-4H3. The lowest BCUT2D eigenvalue weighted by Gasteiger charge is -2.21. The van der Waals surface area contributed by atoms with Crippen LogP contribution in [0, 0.1) is 6.92 Å². The molecule has 0 aliphatic carbocycles. The highest BCUT2D eigenvalue weighted by molar-refractivity contribution is 8.13. The van der Waals surface area contributed by atoms with E-state index in [2.05, 4.69) is 24.0 Å². The molecule has 0 bridgehead atoms. The number of amidine groups is 1. The first kappa shape index (κ1) is 23.0. The molecule has 1 amide bonds. The fourth-order valence-electron chi connectivity index (χ4n) is 3.32. The van der Waals surface area contributed by atoms with Crippen LogP contribution in [-0.4, -0.2) is 48.9 Å². The van der Waals surface area contributed by atoms with Crippen molar-refractivity contribution in [1.29, 1.82) is 0 Å². The number of benzene rings is 2. The number of aliphatic imine (C=N–C) groups is 1. The third-order valence-electron chi connectivity index (χ3n) is 4.82. The van der Waals surface area contributed by atoms with Crippen molar-refractivity contribution in [3.63, 3.8) is 0 Å². The molecule has 1 aliphatic heterocycles. The van der Waals surface area contributed by atoms with E-state index in [9.17, 15) is 4.79 Å². The number of rotatable bonds is 9. The van der Waals surface area contributed by atoms with E-state index in [1.54, 1.807) is 28.8 Å². The van der Waals surface area contributed by atoms with Crippen LogP contribution >= 0.6 is 11.8 Å². The summed E-state index contributed by atoms with van der Waals surface area (Å²) >= 11 is 1.59. The number of nitrogens with zero attached hydrogens (tertiary/aromatic N) is 2. The molecule has 3 rings (SSSR count). The molecule has 0 saturated heterocycles. The van der Waals surface area contributed by atoms with Crippen molar-refractivity contribution in [1.82, 2.24) is 4.90 Å². The normalized spacial score (nSPS) is 13.2. The Morgan fingerprint density at radius 1 is 1.03 bits per heavy atom. The predicted molar refractivity (Wildman–Crippen MR) is 126 cm³/mol. The minimum Gasteiger partial charge on any atom is -0.490 e. The van der Waals surface area contributed by atoms with Crippen LogP contribution in [-0.2, 0) is 5.75 Å². The maximum Gasteiger partial charge on any atom is 0.260 e. The fourth-order valence-corrected chi connectivity index (χ4v) is 4.44. The summed E-state index contributed by atoms with van der Waals surface area (Å²) in [6, 6.07) is 11.7. The zero-order valence-electron chi connectivity index (χ0n) is 18.6. The van der Waals surface area contributed by atoms with Crippen molar-refractivity contribution in [2.24, 2.45) is 4.99 Å². The molecule has 0 radical (unpaired) electrons. The van der Waals surface area contributed by atoms with Gasteiger partial charge >= 0.3 is 0 Å². The summed E-state index contributed by atoms with van der Waals surface area (Å²) in [7, 11) is 0. The lowest BCUT2D eigenvalue weighted by Crippen LogP contribution is -2.33. The van der Waals surface area contributed by atoms with E-state index >= 15 is 0 Å². The quantitative estimate of drug-likeness (QED) is 0.551. The average Bonchev–Trinajstić information content (AvgIpc) is 3.23. The molecule has 6 nitrogen and oxygen atoms in total. The first-order valence-electron chi connectivity index (χ1n) is 10.7. The van der Waals surface area contributed by atoms with Crippen molar-refractivity contribution in [2.75, 3.05) is 32.9 Å².